The molecule has 0 atom stereocenters. The van der Waals surface area contributed by atoms with Crippen LogP contribution in [-0.2, 0) is 14.1 Å². The van der Waals surface area contributed by atoms with E-state index in [-0.39, 0.29) is 11.1 Å². The molecule has 0 bridgehead atoms. The molecule has 2 aromatic heterocycles. The number of nitrogens with zero attached hydrogens (tertiary/aromatic N) is 5. The molecule has 0 aliphatic heterocycles. The van der Waals surface area contributed by atoms with E-state index in [2.05, 4.69) is 4.99 Å². The minimum atomic E-state index is -0.227. The molecule has 2 aromatic carbocycles. The summed E-state index contributed by atoms with van der Waals surface area (Å²) in [6, 6.07) is 18.8. The predicted molar refractivity (Wildman–Crippen MR) is 119 cm³/mol. The fourth-order valence-electron chi connectivity index (χ4n) is 3.57. The summed E-state index contributed by atoms with van der Waals surface area (Å²) in [4.78, 5) is 30.5. The average molecular weight is 401 g/mol. The minimum absolute atomic E-state index is 0.179. The molecule has 4 rings (SSSR count). The summed E-state index contributed by atoms with van der Waals surface area (Å²) in [5.41, 5.74) is 3.38. The van der Waals surface area contributed by atoms with Gasteiger partial charge in [-0.05, 0) is 38.1 Å². The summed E-state index contributed by atoms with van der Waals surface area (Å²) >= 11 is 0. The highest BCUT2D eigenvalue weighted by Gasteiger charge is 2.17. The lowest BCUT2D eigenvalue weighted by Gasteiger charge is -2.07. The van der Waals surface area contributed by atoms with E-state index in [1.165, 1.54) is 6.21 Å². The van der Waals surface area contributed by atoms with Crippen LogP contribution in [0.1, 0.15) is 17.0 Å². The van der Waals surface area contributed by atoms with E-state index in [4.69, 9.17) is 0 Å². The van der Waals surface area contributed by atoms with Gasteiger partial charge in [-0.15, -0.1) is 0 Å². The van der Waals surface area contributed by atoms with Gasteiger partial charge in [-0.1, -0.05) is 36.4 Å². The van der Waals surface area contributed by atoms with E-state index >= 15 is 0 Å². The first-order valence-electron chi connectivity index (χ1n) is 9.64. The van der Waals surface area contributed by atoms with Crippen molar-refractivity contribution >= 4 is 11.9 Å². The SMILES string of the molecule is Cc1c(C=Nc2c(C)n(C)n(-c3ccccc3)c2=O)c(=O)n(-c2ccccc2)n1C. The number of rotatable bonds is 4. The summed E-state index contributed by atoms with van der Waals surface area (Å²) in [6.07, 6.45) is 1.50. The Morgan fingerprint density at radius 1 is 0.700 bits per heavy atom. The number of aliphatic imine (C=N–C) groups is 1. The molecule has 0 saturated carbocycles. The molecule has 0 amide bonds. The molecule has 0 fully saturated rings. The standard InChI is InChI=1S/C23H23N5O2/c1-16-20(22(29)27(25(16)3)18-11-7-5-8-12-18)15-24-21-17(2)26(4)28(23(21)30)19-13-9-6-10-14-19/h5-15H,1-4H3. The Kier molecular flexibility index (Phi) is 4.87. The van der Waals surface area contributed by atoms with Crippen molar-refractivity contribution in [3.05, 3.63) is 98.3 Å². The highest BCUT2D eigenvalue weighted by Crippen LogP contribution is 2.17. The van der Waals surface area contributed by atoms with Gasteiger partial charge in [-0.2, -0.15) is 0 Å². The Labute approximate surface area is 173 Å². The van der Waals surface area contributed by atoms with Crippen LogP contribution in [0, 0.1) is 13.8 Å². The highest BCUT2D eigenvalue weighted by molar-refractivity contribution is 5.83. The van der Waals surface area contributed by atoms with E-state index in [9.17, 15) is 9.59 Å². The van der Waals surface area contributed by atoms with E-state index in [0.29, 0.717) is 11.3 Å². The fraction of sp³-hybridized carbons (Fsp3) is 0.174. The molecule has 7 heteroatoms. The van der Waals surface area contributed by atoms with Crippen LogP contribution >= 0.6 is 0 Å². The lowest BCUT2D eigenvalue weighted by molar-refractivity contribution is 0.630. The molecule has 0 spiro atoms. The zero-order valence-corrected chi connectivity index (χ0v) is 17.4. The number of benzene rings is 2. The second-order valence-corrected chi connectivity index (χ2v) is 7.14. The second-order valence-electron chi connectivity index (χ2n) is 7.14. The molecule has 152 valence electrons. The van der Waals surface area contributed by atoms with Gasteiger partial charge in [0, 0.05) is 26.0 Å². The van der Waals surface area contributed by atoms with Gasteiger partial charge in [0.15, 0.2) is 5.69 Å². The van der Waals surface area contributed by atoms with Gasteiger partial charge < -0.3 is 0 Å². The van der Waals surface area contributed by atoms with E-state index in [1.54, 1.807) is 18.7 Å². The summed E-state index contributed by atoms with van der Waals surface area (Å²) in [6.45, 7) is 3.70. The van der Waals surface area contributed by atoms with Crippen molar-refractivity contribution in [3.8, 4) is 11.4 Å². The first-order chi connectivity index (χ1) is 14.4. The number of para-hydroxylation sites is 2. The number of hydrogen-bond acceptors (Lipinski definition) is 3. The lowest BCUT2D eigenvalue weighted by atomic mass is 10.2. The van der Waals surface area contributed by atoms with E-state index in [1.807, 2.05) is 88.6 Å². The third-order valence-electron chi connectivity index (χ3n) is 5.45. The van der Waals surface area contributed by atoms with Crippen molar-refractivity contribution in [1.29, 1.82) is 0 Å². The molecule has 4 aromatic rings. The third-order valence-corrected chi connectivity index (χ3v) is 5.45. The predicted octanol–water partition coefficient (Wildman–Crippen LogP) is 3.03. The monoisotopic (exact) mass is 401 g/mol. The molecule has 0 aliphatic rings. The molecule has 0 saturated heterocycles. The van der Waals surface area contributed by atoms with Crippen LogP contribution in [0.3, 0.4) is 0 Å². The molecule has 0 aliphatic carbocycles. The molecule has 0 N–H and O–H groups in total. The minimum Gasteiger partial charge on any atom is -0.285 e. The zero-order valence-electron chi connectivity index (χ0n) is 17.4. The first-order valence-corrected chi connectivity index (χ1v) is 9.64. The summed E-state index contributed by atoms with van der Waals surface area (Å²) in [5, 5.41) is 0. The molecular formula is C23H23N5O2. The Balaban J connectivity index is 1.82. The van der Waals surface area contributed by atoms with Crippen LogP contribution in [-0.4, -0.2) is 24.9 Å². The Morgan fingerprint density at radius 2 is 1.17 bits per heavy atom. The van der Waals surface area contributed by atoms with Crippen molar-refractivity contribution in [2.24, 2.45) is 19.1 Å². The molecule has 30 heavy (non-hydrogen) atoms. The van der Waals surface area contributed by atoms with E-state index in [0.717, 1.165) is 22.8 Å². The van der Waals surface area contributed by atoms with Crippen LogP contribution < -0.4 is 11.1 Å². The number of hydrogen-bond donors (Lipinski definition) is 0. The van der Waals surface area contributed by atoms with Crippen molar-refractivity contribution < 1.29 is 0 Å². The van der Waals surface area contributed by atoms with Crippen LogP contribution in [0.2, 0.25) is 0 Å². The van der Waals surface area contributed by atoms with Crippen LogP contribution in [0.4, 0.5) is 5.69 Å². The molecule has 0 unspecified atom stereocenters. The highest BCUT2D eigenvalue weighted by atomic mass is 16.1. The van der Waals surface area contributed by atoms with Gasteiger partial charge in [-0.25, -0.2) is 14.4 Å². The Morgan fingerprint density at radius 3 is 1.70 bits per heavy atom. The largest absolute Gasteiger partial charge is 0.297 e. The van der Waals surface area contributed by atoms with Crippen molar-refractivity contribution in [2.45, 2.75) is 13.8 Å². The summed E-state index contributed by atoms with van der Waals surface area (Å²) < 4.78 is 6.72. The maximum absolute atomic E-state index is 13.1. The number of aromatic nitrogens is 4. The van der Waals surface area contributed by atoms with Crippen LogP contribution in [0.5, 0.6) is 0 Å². The quantitative estimate of drug-likeness (QED) is 0.494. The van der Waals surface area contributed by atoms with E-state index < -0.39 is 0 Å². The van der Waals surface area contributed by atoms with Crippen molar-refractivity contribution in [2.75, 3.05) is 0 Å². The third kappa shape index (κ3) is 3.04. The zero-order chi connectivity index (χ0) is 21.4. The normalized spacial score (nSPS) is 11.5. The van der Waals surface area contributed by atoms with Gasteiger partial charge in [0.2, 0.25) is 0 Å². The Bertz CT molecular complexity index is 1250. The molecule has 0 radical (unpaired) electrons. The lowest BCUT2D eigenvalue weighted by Crippen LogP contribution is -2.21. The topological polar surface area (TPSA) is 66.2 Å². The van der Waals surface area contributed by atoms with Gasteiger partial charge in [-0.3, -0.25) is 19.0 Å². The smallest absolute Gasteiger partial charge is 0.285 e. The molecule has 7 nitrogen and oxygen atoms in total. The average Bonchev–Trinajstić information content (AvgIpc) is 3.10. The second kappa shape index (κ2) is 7.51. The molecule has 2 heterocycles. The molecular weight excluding hydrogens is 378 g/mol. The van der Waals surface area contributed by atoms with Crippen molar-refractivity contribution in [3.63, 3.8) is 0 Å². The summed E-state index contributed by atoms with van der Waals surface area (Å²) in [5.74, 6) is 0. The summed E-state index contributed by atoms with van der Waals surface area (Å²) in [7, 11) is 3.65. The maximum Gasteiger partial charge on any atom is 0.297 e. The van der Waals surface area contributed by atoms with Gasteiger partial charge in [0.05, 0.1) is 22.6 Å². The first kappa shape index (κ1) is 19.4. The van der Waals surface area contributed by atoms with Crippen LogP contribution in [0.25, 0.3) is 11.4 Å². The Hall–Kier alpha value is -3.87. The maximum atomic E-state index is 13.1. The van der Waals surface area contributed by atoms with Crippen molar-refractivity contribution in [1.82, 2.24) is 18.7 Å². The fourth-order valence-corrected chi connectivity index (χ4v) is 3.57. The van der Waals surface area contributed by atoms with Crippen LogP contribution in [0.15, 0.2) is 75.2 Å². The van der Waals surface area contributed by atoms with Gasteiger partial charge in [0.1, 0.15) is 0 Å². The van der Waals surface area contributed by atoms with Gasteiger partial charge >= 0.3 is 0 Å². The van der Waals surface area contributed by atoms with Gasteiger partial charge in [0.25, 0.3) is 11.1 Å².